The average molecular weight is 449 g/mol. The molecular formula is C25H36O7. The predicted molar refractivity (Wildman–Crippen MR) is 119 cm³/mol. The highest BCUT2D eigenvalue weighted by Gasteiger charge is 2.47. The smallest absolute Gasteiger partial charge is 0.482 e. The largest absolute Gasteiger partial charge is 0.508 e. The van der Waals surface area contributed by atoms with Crippen LogP contribution in [-0.4, -0.2) is 48.3 Å². The highest BCUT2D eigenvalue weighted by Crippen LogP contribution is 2.49. The van der Waals surface area contributed by atoms with Crippen LogP contribution in [0.25, 0.3) is 0 Å². The average Bonchev–Trinajstić information content (AvgIpc) is 3.10. The number of benzene rings is 1. The summed E-state index contributed by atoms with van der Waals surface area (Å²) in [5, 5.41) is 19.4. The Morgan fingerprint density at radius 1 is 1.19 bits per heavy atom. The molecule has 2 aliphatic carbocycles. The molecule has 0 aromatic heterocycles. The lowest BCUT2D eigenvalue weighted by Gasteiger charge is -2.32. The molecule has 0 amide bonds. The summed E-state index contributed by atoms with van der Waals surface area (Å²) in [4.78, 5) is 22.8. The van der Waals surface area contributed by atoms with E-state index in [0.717, 1.165) is 56.9 Å². The van der Waals surface area contributed by atoms with E-state index in [1.54, 1.807) is 0 Å². The fourth-order valence-corrected chi connectivity index (χ4v) is 5.52. The van der Waals surface area contributed by atoms with Crippen LogP contribution in [0, 0.1) is 17.8 Å². The summed E-state index contributed by atoms with van der Waals surface area (Å²) in [7, 11) is 1.32. The molecule has 5 atom stereocenters. The van der Waals surface area contributed by atoms with Crippen molar-refractivity contribution in [2.45, 2.75) is 76.9 Å². The number of aliphatic carboxylic acids is 1. The zero-order chi connectivity index (χ0) is 23.1. The van der Waals surface area contributed by atoms with Crippen LogP contribution < -0.4 is 4.74 Å². The van der Waals surface area contributed by atoms with Gasteiger partial charge in [0, 0.05) is 0 Å². The van der Waals surface area contributed by atoms with E-state index >= 15 is 0 Å². The zero-order valence-corrected chi connectivity index (χ0v) is 19.1. The molecule has 2 aliphatic rings. The Morgan fingerprint density at radius 3 is 2.72 bits per heavy atom. The van der Waals surface area contributed by atoms with Gasteiger partial charge in [-0.1, -0.05) is 38.3 Å². The number of carboxylic acid groups (broad SMARTS) is 1. The number of hydrogen-bond acceptors (Lipinski definition) is 6. The molecular weight excluding hydrogens is 412 g/mol. The Morgan fingerprint density at radius 2 is 2.00 bits per heavy atom. The lowest BCUT2D eigenvalue weighted by atomic mass is 9.73. The van der Waals surface area contributed by atoms with Crippen LogP contribution in [-0.2, 0) is 27.1 Å². The molecule has 3 rings (SSSR count). The Bertz CT molecular complexity index is 778. The van der Waals surface area contributed by atoms with Crippen molar-refractivity contribution in [2.24, 2.45) is 17.8 Å². The number of fused-ring (bicyclic) bond motifs is 2. The van der Waals surface area contributed by atoms with Crippen molar-refractivity contribution in [2.75, 3.05) is 13.7 Å². The number of aliphatic hydroxyl groups is 1. The van der Waals surface area contributed by atoms with Gasteiger partial charge in [-0.2, -0.15) is 0 Å². The fourth-order valence-electron chi connectivity index (χ4n) is 5.52. The molecule has 0 spiro atoms. The Hall–Kier alpha value is -2.28. The van der Waals surface area contributed by atoms with Gasteiger partial charge in [0.15, 0.2) is 6.61 Å². The number of rotatable bonds is 11. The van der Waals surface area contributed by atoms with E-state index in [0.29, 0.717) is 24.0 Å². The summed E-state index contributed by atoms with van der Waals surface area (Å²) < 4.78 is 15.9. The monoisotopic (exact) mass is 448 g/mol. The van der Waals surface area contributed by atoms with E-state index in [1.165, 1.54) is 12.7 Å². The third-order valence-electron chi connectivity index (χ3n) is 7.06. The summed E-state index contributed by atoms with van der Waals surface area (Å²) >= 11 is 0. The molecule has 0 aliphatic heterocycles. The van der Waals surface area contributed by atoms with Gasteiger partial charge in [0.2, 0.25) is 0 Å². The highest BCUT2D eigenvalue weighted by atomic mass is 16.7. The number of carboxylic acids is 1. The van der Waals surface area contributed by atoms with E-state index < -0.39 is 12.1 Å². The third kappa shape index (κ3) is 6.15. The van der Waals surface area contributed by atoms with E-state index in [2.05, 4.69) is 13.0 Å². The third-order valence-corrected chi connectivity index (χ3v) is 7.06. The first-order valence-electron chi connectivity index (χ1n) is 11.8. The summed E-state index contributed by atoms with van der Waals surface area (Å²) in [6.45, 7) is 1.79. The highest BCUT2D eigenvalue weighted by molar-refractivity contribution is 5.68. The van der Waals surface area contributed by atoms with Crippen LogP contribution in [0.2, 0.25) is 0 Å². The molecule has 1 unspecified atom stereocenters. The first kappa shape index (κ1) is 24.4. The second-order valence-electron chi connectivity index (χ2n) is 9.15. The second-order valence-corrected chi connectivity index (χ2v) is 9.15. The molecule has 0 bridgehead atoms. The first-order chi connectivity index (χ1) is 15.4. The molecule has 7 nitrogen and oxygen atoms in total. The van der Waals surface area contributed by atoms with Crippen molar-refractivity contribution in [1.82, 2.24) is 0 Å². The van der Waals surface area contributed by atoms with Crippen molar-refractivity contribution in [3.05, 3.63) is 29.3 Å². The van der Waals surface area contributed by atoms with Gasteiger partial charge in [-0.3, -0.25) is 0 Å². The van der Waals surface area contributed by atoms with Crippen LogP contribution in [0.4, 0.5) is 4.79 Å². The van der Waals surface area contributed by atoms with Crippen molar-refractivity contribution in [3.63, 3.8) is 0 Å². The van der Waals surface area contributed by atoms with Gasteiger partial charge in [-0.15, -0.1) is 0 Å². The lowest BCUT2D eigenvalue weighted by molar-refractivity contribution is -0.139. The standard InChI is InChI=1S/C25H36O7/c1-3-4-5-8-18(26)10-11-19-20-12-16-7-6-9-22(31-15-24(27)28)21(16)13-17(20)14-23(19)32-25(29)30-2/h6-7,9,17-20,23,26H,3-5,8,10-15H2,1-2H3,(H,27,28)/t17-,18-,19+,20-,23?/m0/s1. The van der Waals surface area contributed by atoms with Gasteiger partial charge >= 0.3 is 12.1 Å². The lowest BCUT2D eigenvalue weighted by Crippen LogP contribution is -2.29. The van der Waals surface area contributed by atoms with Gasteiger partial charge in [-0.05, 0) is 73.5 Å². The molecule has 1 saturated carbocycles. The first-order valence-corrected chi connectivity index (χ1v) is 11.8. The normalized spacial score (nSPS) is 24.8. The summed E-state index contributed by atoms with van der Waals surface area (Å²) in [5.74, 6) is 0.449. The van der Waals surface area contributed by atoms with Crippen molar-refractivity contribution in [1.29, 1.82) is 0 Å². The SMILES string of the molecule is CCCCC[C@H](O)CC[C@H]1C(OC(=O)OC)C[C@@H]2Cc3c(cccc3OCC(=O)O)C[C@@H]21. The minimum Gasteiger partial charge on any atom is -0.482 e. The van der Waals surface area contributed by atoms with Gasteiger partial charge in [0.05, 0.1) is 13.2 Å². The molecule has 2 N–H and O–H groups in total. The molecule has 1 aromatic carbocycles. The van der Waals surface area contributed by atoms with Gasteiger partial charge in [0.1, 0.15) is 11.9 Å². The maximum Gasteiger partial charge on any atom is 0.508 e. The number of unbranched alkanes of at least 4 members (excludes halogenated alkanes) is 2. The molecule has 178 valence electrons. The number of carbonyl (C=O) groups is 2. The molecule has 1 aromatic rings. The molecule has 1 fully saturated rings. The molecule has 0 radical (unpaired) electrons. The number of ether oxygens (including phenoxy) is 3. The van der Waals surface area contributed by atoms with Crippen LogP contribution in [0.3, 0.4) is 0 Å². The van der Waals surface area contributed by atoms with E-state index in [-0.39, 0.29) is 24.7 Å². The van der Waals surface area contributed by atoms with E-state index in [1.807, 2.05) is 12.1 Å². The maximum atomic E-state index is 11.9. The molecule has 0 saturated heterocycles. The van der Waals surface area contributed by atoms with E-state index in [4.69, 9.17) is 19.3 Å². The van der Waals surface area contributed by atoms with Crippen LogP contribution in [0.5, 0.6) is 5.75 Å². The Labute approximate surface area is 190 Å². The fraction of sp³-hybridized carbons (Fsp3) is 0.680. The van der Waals surface area contributed by atoms with Crippen LogP contribution in [0.1, 0.15) is 63.0 Å². The summed E-state index contributed by atoms with van der Waals surface area (Å²) in [5.41, 5.74) is 2.23. The summed E-state index contributed by atoms with van der Waals surface area (Å²) in [6.07, 6.45) is 6.72. The van der Waals surface area contributed by atoms with Crippen molar-refractivity contribution < 1.29 is 34.0 Å². The van der Waals surface area contributed by atoms with Crippen molar-refractivity contribution in [3.8, 4) is 5.75 Å². The second kappa shape index (κ2) is 11.5. The minimum absolute atomic E-state index is 0.164. The number of methoxy groups -OCH3 is 1. The molecule has 0 heterocycles. The zero-order valence-electron chi connectivity index (χ0n) is 19.1. The van der Waals surface area contributed by atoms with Gasteiger partial charge in [0.25, 0.3) is 0 Å². The van der Waals surface area contributed by atoms with Crippen molar-refractivity contribution >= 4 is 12.1 Å². The molecule has 32 heavy (non-hydrogen) atoms. The quantitative estimate of drug-likeness (QED) is 0.383. The predicted octanol–water partition coefficient (Wildman–Crippen LogP) is 4.37. The van der Waals surface area contributed by atoms with Crippen LogP contribution in [0.15, 0.2) is 18.2 Å². The van der Waals surface area contributed by atoms with Crippen LogP contribution >= 0.6 is 0 Å². The number of hydrogen-bond donors (Lipinski definition) is 2. The van der Waals surface area contributed by atoms with Gasteiger partial charge in [-0.25, -0.2) is 9.59 Å². The van der Waals surface area contributed by atoms with Gasteiger partial charge < -0.3 is 24.4 Å². The Balaban J connectivity index is 1.72. The van der Waals surface area contributed by atoms with E-state index in [9.17, 15) is 14.7 Å². The maximum absolute atomic E-state index is 11.9. The minimum atomic E-state index is -0.999. The number of carbonyl (C=O) groups excluding carboxylic acids is 1. The summed E-state index contributed by atoms with van der Waals surface area (Å²) in [6, 6.07) is 5.80. The topological polar surface area (TPSA) is 102 Å². The Kier molecular flexibility index (Phi) is 8.79. The number of aliphatic hydroxyl groups excluding tert-OH is 1. The molecule has 7 heteroatoms.